The summed E-state index contributed by atoms with van der Waals surface area (Å²) in [5.74, 6) is 0.499. The van der Waals surface area contributed by atoms with Crippen LogP contribution in [0.2, 0.25) is 0 Å². The molecule has 1 amide bonds. The maximum atomic E-state index is 12.1. The summed E-state index contributed by atoms with van der Waals surface area (Å²) in [6.45, 7) is 7.21. The molecule has 0 unspecified atom stereocenters. The molecule has 3 rings (SSSR count). The molecule has 0 saturated carbocycles. The van der Waals surface area contributed by atoms with Crippen LogP contribution in [-0.4, -0.2) is 39.1 Å². The minimum Gasteiger partial charge on any atom is -0.444 e. The second-order valence-corrected chi connectivity index (χ2v) is 6.93. The zero-order valence-electron chi connectivity index (χ0n) is 13.5. The first kappa shape index (κ1) is 14.9. The van der Waals surface area contributed by atoms with Crippen molar-refractivity contribution >= 4 is 11.6 Å². The molecule has 1 aliphatic rings. The molecule has 2 aromatic heterocycles. The number of ether oxygens (including phenoxy) is 1. The van der Waals surface area contributed by atoms with E-state index in [1.54, 1.807) is 0 Å². The summed E-state index contributed by atoms with van der Waals surface area (Å²) in [6, 6.07) is 4.35. The highest BCUT2D eigenvalue weighted by atomic mass is 16.6. The smallest absolute Gasteiger partial charge is 0.410 e. The average Bonchev–Trinajstić information content (AvgIpc) is 2.93. The van der Waals surface area contributed by atoms with Crippen molar-refractivity contribution in [2.45, 2.75) is 45.1 Å². The van der Waals surface area contributed by atoms with Gasteiger partial charge in [-0.25, -0.2) is 9.78 Å². The van der Waals surface area contributed by atoms with E-state index in [4.69, 9.17) is 4.74 Å². The Balaban J connectivity index is 1.62. The summed E-state index contributed by atoms with van der Waals surface area (Å²) < 4.78 is 7.45. The zero-order chi connectivity index (χ0) is 15.7. The van der Waals surface area contributed by atoms with Crippen molar-refractivity contribution in [2.75, 3.05) is 13.1 Å². The Kier molecular flexibility index (Phi) is 3.81. The van der Waals surface area contributed by atoms with E-state index < -0.39 is 5.60 Å². The number of nitrogens with zero attached hydrogens (tertiary/aromatic N) is 3. The van der Waals surface area contributed by atoms with Crippen LogP contribution < -0.4 is 0 Å². The van der Waals surface area contributed by atoms with E-state index in [-0.39, 0.29) is 6.09 Å². The van der Waals surface area contributed by atoms with E-state index in [0.29, 0.717) is 5.92 Å². The van der Waals surface area contributed by atoms with E-state index in [1.165, 1.54) is 5.56 Å². The highest BCUT2D eigenvalue weighted by Crippen LogP contribution is 2.29. The highest BCUT2D eigenvalue weighted by Gasteiger charge is 2.27. The van der Waals surface area contributed by atoms with E-state index in [0.717, 1.165) is 31.4 Å². The van der Waals surface area contributed by atoms with Gasteiger partial charge in [-0.2, -0.15) is 0 Å². The van der Waals surface area contributed by atoms with Gasteiger partial charge in [0.2, 0.25) is 0 Å². The molecular formula is C17H23N3O2. The minimum absolute atomic E-state index is 0.197. The van der Waals surface area contributed by atoms with E-state index in [1.807, 2.05) is 42.6 Å². The van der Waals surface area contributed by atoms with Gasteiger partial charge in [-0.3, -0.25) is 0 Å². The van der Waals surface area contributed by atoms with Crippen LogP contribution in [0.15, 0.2) is 30.9 Å². The number of likely N-dealkylation sites (tertiary alicyclic amines) is 1. The van der Waals surface area contributed by atoms with Crippen LogP contribution in [0.5, 0.6) is 0 Å². The second-order valence-electron chi connectivity index (χ2n) is 6.93. The van der Waals surface area contributed by atoms with E-state index >= 15 is 0 Å². The van der Waals surface area contributed by atoms with Gasteiger partial charge in [0.25, 0.3) is 0 Å². The Morgan fingerprint density at radius 3 is 2.73 bits per heavy atom. The third kappa shape index (κ3) is 3.24. The van der Waals surface area contributed by atoms with E-state index in [9.17, 15) is 4.79 Å². The van der Waals surface area contributed by atoms with Crippen LogP contribution in [0.25, 0.3) is 5.52 Å². The first-order valence-electron chi connectivity index (χ1n) is 7.82. The van der Waals surface area contributed by atoms with Crippen molar-refractivity contribution in [3.63, 3.8) is 0 Å². The molecule has 2 aromatic rings. The maximum Gasteiger partial charge on any atom is 0.410 e. The van der Waals surface area contributed by atoms with Gasteiger partial charge in [0.15, 0.2) is 0 Å². The fraction of sp³-hybridized carbons (Fsp3) is 0.529. The lowest BCUT2D eigenvalue weighted by molar-refractivity contribution is 0.0205. The van der Waals surface area contributed by atoms with Gasteiger partial charge in [0.05, 0.1) is 18.0 Å². The van der Waals surface area contributed by atoms with Gasteiger partial charge in [-0.15, -0.1) is 0 Å². The number of carbonyl (C=O) groups excluding carboxylic acids is 1. The van der Waals surface area contributed by atoms with Crippen LogP contribution in [0.4, 0.5) is 4.79 Å². The number of aromatic nitrogens is 2. The third-order valence-corrected chi connectivity index (χ3v) is 4.06. The Bertz CT molecular complexity index is 664. The summed E-state index contributed by atoms with van der Waals surface area (Å²) in [4.78, 5) is 18.1. The second kappa shape index (κ2) is 5.63. The molecule has 3 heterocycles. The number of fused-ring (bicyclic) bond motifs is 1. The molecule has 22 heavy (non-hydrogen) atoms. The van der Waals surface area contributed by atoms with Crippen molar-refractivity contribution in [3.8, 4) is 0 Å². The van der Waals surface area contributed by atoms with Crippen molar-refractivity contribution in [1.29, 1.82) is 0 Å². The lowest BCUT2D eigenvalue weighted by Crippen LogP contribution is -2.41. The molecule has 0 aromatic carbocycles. The summed E-state index contributed by atoms with van der Waals surface area (Å²) in [6.07, 6.45) is 7.49. The molecule has 5 heteroatoms. The zero-order valence-corrected chi connectivity index (χ0v) is 13.5. The van der Waals surface area contributed by atoms with Crippen LogP contribution in [0.3, 0.4) is 0 Å². The number of hydrogen-bond donors (Lipinski definition) is 0. The first-order chi connectivity index (χ1) is 10.4. The molecule has 1 fully saturated rings. The van der Waals surface area contributed by atoms with Gasteiger partial charge < -0.3 is 14.0 Å². The fourth-order valence-corrected chi connectivity index (χ4v) is 2.91. The number of amides is 1. The number of rotatable bonds is 1. The third-order valence-electron chi connectivity index (χ3n) is 4.06. The maximum absolute atomic E-state index is 12.1. The van der Waals surface area contributed by atoms with Crippen LogP contribution in [0, 0.1) is 0 Å². The number of piperidine rings is 1. The van der Waals surface area contributed by atoms with Crippen molar-refractivity contribution in [2.24, 2.45) is 0 Å². The summed E-state index contributed by atoms with van der Waals surface area (Å²) in [5, 5.41) is 0. The molecule has 1 saturated heterocycles. The van der Waals surface area contributed by atoms with Crippen LogP contribution in [0.1, 0.15) is 45.1 Å². The Labute approximate surface area is 130 Å². The Morgan fingerprint density at radius 1 is 1.32 bits per heavy atom. The Hall–Kier alpha value is -2.04. The molecule has 118 valence electrons. The SMILES string of the molecule is CC(C)(C)OC(=O)N1CCC(c2ccn3cncc3c2)CC1. The molecule has 0 bridgehead atoms. The standard InChI is InChI=1S/C17H23N3O2/c1-17(2,3)22-16(21)19-7-4-13(5-8-19)14-6-9-20-12-18-11-15(20)10-14/h6,9-13H,4-5,7-8H2,1-3H3. The molecule has 1 aliphatic heterocycles. The monoisotopic (exact) mass is 301 g/mol. The van der Waals surface area contributed by atoms with Gasteiger partial charge in [0.1, 0.15) is 5.60 Å². The Morgan fingerprint density at radius 2 is 2.05 bits per heavy atom. The molecule has 5 nitrogen and oxygen atoms in total. The molecule has 0 spiro atoms. The fourth-order valence-electron chi connectivity index (χ4n) is 2.91. The summed E-state index contributed by atoms with van der Waals surface area (Å²) in [5.41, 5.74) is 2.02. The molecular weight excluding hydrogens is 278 g/mol. The predicted molar refractivity (Wildman–Crippen MR) is 85.0 cm³/mol. The van der Waals surface area contributed by atoms with Crippen molar-refractivity contribution < 1.29 is 9.53 Å². The number of carbonyl (C=O) groups is 1. The molecule has 0 N–H and O–H groups in total. The van der Waals surface area contributed by atoms with Crippen molar-refractivity contribution in [3.05, 3.63) is 36.4 Å². The number of imidazole rings is 1. The molecule has 0 aliphatic carbocycles. The molecule has 0 atom stereocenters. The summed E-state index contributed by atoms with van der Waals surface area (Å²) >= 11 is 0. The van der Waals surface area contributed by atoms with Crippen LogP contribution in [-0.2, 0) is 4.74 Å². The minimum atomic E-state index is -0.430. The number of hydrogen-bond acceptors (Lipinski definition) is 3. The first-order valence-corrected chi connectivity index (χ1v) is 7.82. The lowest BCUT2D eigenvalue weighted by atomic mass is 9.90. The van der Waals surface area contributed by atoms with E-state index in [2.05, 4.69) is 23.3 Å². The summed E-state index contributed by atoms with van der Waals surface area (Å²) in [7, 11) is 0. The van der Waals surface area contributed by atoms with Gasteiger partial charge in [-0.1, -0.05) is 0 Å². The predicted octanol–water partition coefficient (Wildman–Crippen LogP) is 3.45. The van der Waals surface area contributed by atoms with Crippen molar-refractivity contribution in [1.82, 2.24) is 14.3 Å². The van der Waals surface area contributed by atoms with Gasteiger partial charge in [0, 0.05) is 19.3 Å². The number of pyridine rings is 1. The van der Waals surface area contributed by atoms with Gasteiger partial charge in [-0.05, 0) is 57.2 Å². The quantitative estimate of drug-likeness (QED) is 0.810. The topological polar surface area (TPSA) is 46.8 Å². The average molecular weight is 301 g/mol. The highest BCUT2D eigenvalue weighted by molar-refractivity contribution is 5.68. The lowest BCUT2D eigenvalue weighted by Gasteiger charge is -2.33. The van der Waals surface area contributed by atoms with Crippen LogP contribution >= 0.6 is 0 Å². The normalized spacial score (nSPS) is 17.0. The van der Waals surface area contributed by atoms with Gasteiger partial charge >= 0.3 is 6.09 Å². The molecule has 0 radical (unpaired) electrons. The largest absolute Gasteiger partial charge is 0.444 e.